The fourth-order valence-corrected chi connectivity index (χ4v) is 1.94. The molecule has 0 spiro atoms. The summed E-state index contributed by atoms with van der Waals surface area (Å²) in [5.74, 6) is -3.09. The minimum absolute atomic E-state index is 0.0927. The van der Waals surface area contributed by atoms with E-state index in [2.05, 4.69) is 6.58 Å². The molecule has 0 radical (unpaired) electrons. The number of aliphatic hydroxyl groups is 1. The van der Waals surface area contributed by atoms with Crippen LogP contribution < -0.4 is 4.90 Å². The quantitative estimate of drug-likeness (QED) is 0.445. The van der Waals surface area contributed by atoms with Crippen LogP contribution in [-0.4, -0.2) is 59.0 Å². The molecule has 3 N–H and O–H groups in total. The third-order valence-electron chi connectivity index (χ3n) is 2.99. The van der Waals surface area contributed by atoms with Gasteiger partial charge in [0.15, 0.2) is 0 Å². The number of aromatic carboxylic acids is 1. The lowest BCUT2D eigenvalue weighted by atomic mass is 10.1. The van der Waals surface area contributed by atoms with Gasteiger partial charge in [0.05, 0.1) is 11.3 Å². The second-order valence-corrected chi connectivity index (χ2v) is 5.13. The zero-order valence-electron chi connectivity index (χ0n) is 13.1. The number of carbonyl (C=O) groups is 3. The van der Waals surface area contributed by atoms with Gasteiger partial charge in [0.25, 0.3) is 0 Å². The number of hydrogen-bond donors (Lipinski definition) is 3. The highest BCUT2D eigenvalue weighted by Crippen LogP contribution is 2.20. The molecular formula is C16H19NO7. The lowest BCUT2D eigenvalue weighted by Crippen LogP contribution is -2.39. The summed E-state index contributed by atoms with van der Waals surface area (Å²) in [4.78, 5) is 34.8. The number of carboxylic acid groups (broad SMARTS) is 2. The molecule has 1 rings (SSSR count). The van der Waals surface area contributed by atoms with Gasteiger partial charge in [0.1, 0.15) is 19.3 Å². The Balaban J connectivity index is 2.90. The van der Waals surface area contributed by atoms with Crippen molar-refractivity contribution in [3.05, 3.63) is 42.0 Å². The second kappa shape index (κ2) is 8.68. The smallest absolute Gasteiger partial charge is 0.337 e. The van der Waals surface area contributed by atoms with E-state index in [9.17, 15) is 24.6 Å². The number of nitrogens with zero attached hydrogens (tertiary/aromatic N) is 1. The molecule has 0 aliphatic rings. The van der Waals surface area contributed by atoms with E-state index < -0.39 is 30.6 Å². The molecule has 0 bridgehead atoms. The van der Waals surface area contributed by atoms with Crippen molar-refractivity contribution in [1.82, 2.24) is 0 Å². The Bertz CT molecular complexity index is 641. The van der Waals surface area contributed by atoms with Crippen LogP contribution in [0.5, 0.6) is 0 Å². The number of esters is 1. The van der Waals surface area contributed by atoms with Crippen LogP contribution in [0.4, 0.5) is 5.69 Å². The van der Waals surface area contributed by atoms with Crippen molar-refractivity contribution in [3.63, 3.8) is 0 Å². The van der Waals surface area contributed by atoms with E-state index in [1.165, 1.54) is 30.0 Å². The number of aliphatic hydroxyl groups excluding tert-OH is 1. The van der Waals surface area contributed by atoms with Gasteiger partial charge in [-0.25, -0.2) is 9.59 Å². The number of para-hydroxylation sites is 1. The fourth-order valence-electron chi connectivity index (χ4n) is 1.94. The van der Waals surface area contributed by atoms with E-state index in [-0.39, 0.29) is 30.0 Å². The lowest BCUT2D eigenvalue weighted by molar-refractivity contribution is -0.142. The first-order valence-electron chi connectivity index (χ1n) is 7.02. The lowest BCUT2D eigenvalue weighted by Gasteiger charge is -2.26. The highest BCUT2D eigenvalue weighted by Gasteiger charge is 2.21. The number of anilines is 1. The molecule has 8 nitrogen and oxygen atoms in total. The second-order valence-electron chi connectivity index (χ2n) is 5.13. The van der Waals surface area contributed by atoms with E-state index in [1.807, 2.05) is 0 Å². The SMILES string of the molecule is C=C(C)C(=O)OCC(O)CN(CC(=O)O)c1ccccc1C(=O)O. The standard InChI is InChI=1S/C16H19NO7/c1-10(2)16(23)24-9-11(18)7-17(8-14(19)20)13-6-4-3-5-12(13)15(21)22/h3-6,11,18H,1,7-9H2,2H3,(H,19,20)(H,21,22). The summed E-state index contributed by atoms with van der Waals surface area (Å²) in [5.41, 5.74) is 0.225. The van der Waals surface area contributed by atoms with Gasteiger partial charge in [0.2, 0.25) is 0 Å². The minimum atomic E-state index is -1.22. The molecule has 1 unspecified atom stereocenters. The molecule has 0 saturated heterocycles. The first-order valence-corrected chi connectivity index (χ1v) is 7.02. The van der Waals surface area contributed by atoms with Crippen molar-refractivity contribution in [2.24, 2.45) is 0 Å². The van der Waals surface area contributed by atoms with Gasteiger partial charge in [-0.2, -0.15) is 0 Å². The van der Waals surface area contributed by atoms with Crippen LogP contribution >= 0.6 is 0 Å². The van der Waals surface area contributed by atoms with Crippen LogP contribution in [0.1, 0.15) is 17.3 Å². The normalized spacial score (nSPS) is 11.4. The molecule has 0 aromatic heterocycles. The molecule has 8 heteroatoms. The summed E-state index contributed by atoms with van der Waals surface area (Å²) in [6.07, 6.45) is -1.20. The van der Waals surface area contributed by atoms with Crippen LogP contribution in [0.25, 0.3) is 0 Å². The topological polar surface area (TPSA) is 124 Å². The van der Waals surface area contributed by atoms with Gasteiger partial charge in [0, 0.05) is 12.1 Å². The van der Waals surface area contributed by atoms with Crippen molar-refractivity contribution in [3.8, 4) is 0 Å². The third kappa shape index (κ3) is 5.73. The number of carbonyl (C=O) groups excluding carboxylic acids is 1. The van der Waals surface area contributed by atoms with Crippen molar-refractivity contribution >= 4 is 23.6 Å². The van der Waals surface area contributed by atoms with E-state index in [0.717, 1.165) is 0 Å². The Morgan fingerprint density at radius 3 is 2.42 bits per heavy atom. The summed E-state index contributed by atoms with van der Waals surface area (Å²) in [5, 5.41) is 28.2. The maximum Gasteiger partial charge on any atom is 0.337 e. The predicted octanol–water partition coefficient (Wildman–Crippen LogP) is 0.756. The third-order valence-corrected chi connectivity index (χ3v) is 2.99. The van der Waals surface area contributed by atoms with Crippen LogP contribution in [0, 0.1) is 0 Å². The Morgan fingerprint density at radius 1 is 1.25 bits per heavy atom. The molecular weight excluding hydrogens is 318 g/mol. The highest BCUT2D eigenvalue weighted by molar-refractivity contribution is 5.95. The number of ether oxygens (including phenoxy) is 1. The largest absolute Gasteiger partial charge is 0.480 e. The van der Waals surface area contributed by atoms with Crippen LogP contribution in [0.2, 0.25) is 0 Å². The van der Waals surface area contributed by atoms with E-state index in [4.69, 9.17) is 9.84 Å². The number of benzene rings is 1. The summed E-state index contributed by atoms with van der Waals surface area (Å²) in [7, 11) is 0. The fraction of sp³-hybridized carbons (Fsp3) is 0.312. The zero-order chi connectivity index (χ0) is 18.3. The molecule has 0 fully saturated rings. The first kappa shape index (κ1) is 19.2. The highest BCUT2D eigenvalue weighted by atomic mass is 16.5. The van der Waals surface area contributed by atoms with Crippen molar-refractivity contribution in [2.45, 2.75) is 13.0 Å². The van der Waals surface area contributed by atoms with Gasteiger partial charge >= 0.3 is 17.9 Å². The molecule has 0 heterocycles. The van der Waals surface area contributed by atoms with Crippen LogP contribution in [-0.2, 0) is 14.3 Å². The average Bonchev–Trinajstić information content (AvgIpc) is 2.51. The number of hydrogen-bond acceptors (Lipinski definition) is 6. The molecule has 0 amide bonds. The molecule has 1 aromatic carbocycles. The van der Waals surface area contributed by atoms with Crippen LogP contribution in [0.15, 0.2) is 36.4 Å². The van der Waals surface area contributed by atoms with Gasteiger partial charge in [-0.15, -0.1) is 0 Å². The Labute approximate surface area is 138 Å². The van der Waals surface area contributed by atoms with Crippen molar-refractivity contribution in [1.29, 1.82) is 0 Å². The first-order chi connectivity index (χ1) is 11.2. The van der Waals surface area contributed by atoms with Gasteiger partial charge < -0.3 is 25.0 Å². The summed E-state index contributed by atoms with van der Waals surface area (Å²) >= 11 is 0. The molecule has 0 aliphatic heterocycles. The number of carboxylic acids is 2. The summed E-state index contributed by atoms with van der Waals surface area (Å²) in [6, 6.07) is 5.85. The molecule has 1 atom stereocenters. The summed E-state index contributed by atoms with van der Waals surface area (Å²) < 4.78 is 4.81. The van der Waals surface area contributed by atoms with Crippen molar-refractivity contribution < 1.29 is 34.4 Å². The van der Waals surface area contributed by atoms with Gasteiger partial charge in [-0.1, -0.05) is 18.7 Å². The summed E-state index contributed by atoms with van der Waals surface area (Å²) in [6.45, 7) is 3.75. The zero-order valence-corrected chi connectivity index (χ0v) is 13.1. The molecule has 0 saturated carbocycles. The number of rotatable bonds is 9. The predicted molar refractivity (Wildman–Crippen MR) is 85.0 cm³/mol. The van der Waals surface area contributed by atoms with E-state index in [0.29, 0.717) is 0 Å². The molecule has 130 valence electrons. The molecule has 1 aromatic rings. The molecule has 0 aliphatic carbocycles. The Kier molecular flexibility index (Phi) is 6.94. The van der Waals surface area contributed by atoms with Crippen molar-refractivity contribution in [2.75, 3.05) is 24.6 Å². The van der Waals surface area contributed by atoms with Gasteiger partial charge in [-0.05, 0) is 19.1 Å². The number of aliphatic carboxylic acids is 1. The Morgan fingerprint density at radius 2 is 1.88 bits per heavy atom. The molecule has 24 heavy (non-hydrogen) atoms. The maximum atomic E-state index is 11.3. The average molecular weight is 337 g/mol. The Hall–Kier alpha value is -2.87. The maximum absolute atomic E-state index is 11.3. The van der Waals surface area contributed by atoms with E-state index in [1.54, 1.807) is 6.07 Å². The minimum Gasteiger partial charge on any atom is -0.480 e. The van der Waals surface area contributed by atoms with Crippen LogP contribution in [0.3, 0.4) is 0 Å². The van der Waals surface area contributed by atoms with Gasteiger partial charge in [-0.3, -0.25) is 4.79 Å². The monoisotopic (exact) mass is 337 g/mol. The van der Waals surface area contributed by atoms with E-state index >= 15 is 0 Å².